The number of carbonyl (C=O) groups excluding carboxylic acids is 4. The highest BCUT2D eigenvalue weighted by Gasteiger charge is 2.40. The Morgan fingerprint density at radius 1 is 0.929 bits per heavy atom. The summed E-state index contributed by atoms with van der Waals surface area (Å²) in [7, 11) is 4.51. The van der Waals surface area contributed by atoms with Crippen LogP contribution in [0.3, 0.4) is 0 Å². The van der Waals surface area contributed by atoms with E-state index in [2.05, 4.69) is 10.6 Å². The number of carboxylic acid groups (broad SMARTS) is 1. The number of hydrogen-bond acceptors (Lipinski definition) is 8. The molecule has 0 bridgehead atoms. The standard InChI is InChI=1S/C29H55N5O8/c1-13-18(6)24(20(41-12)14-21(35)31-19(15-30)27(38)39)33(10)26(37)22(16(2)3)32-25(36)23(17(4)5)34(11)28(40)42-29(7,8)9/h16-20,22-24H,13-15,30H2,1-12H3,(H,31,35)(H,32,36)(H,38,39)/t18-,19-,20+,22-,23-,24-/m0/s1. The summed E-state index contributed by atoms with van der Waals surface area (Å²) in [6, 6.07) is -3.67. The van der Waals surface area contributed by atoms with Crippen LogP contribution in [0, 0.1) is 17.8 Å². The molecule has 0 aromatic heterocycles. The van der Waals surface area contributed by atoms with Crippen molar-refractivity contribution in [2.45, 2.75) is 111 Å². The maximum atomic E-state index is 13.9. The topological polar surface area (TPSA) is 181 Å². The van der Waals surface area contributed by atoms with Crippen LogP contribution in [0.2, 0.25) is 0 Å². The van der Waals surface area contributed by atoms with Crippen LogP contribution in [0.5, 0.6) is 0 Å². The van der Waals surface area contributed by atoms with Gasteiger partial charge < -0.3 is 35.8 Å². The first kappa shape index (κ1) is 39.1. The maximum absolute atomic E-state index is 13.9. The lowest BCUT2D eigenvalue weighted by atomic mass is 9.89. The predicted octanol–water partition coefficient (Wildman–Crippen LogP) is 1.83. The number of ether oxygens (including phenoxy) is 2. The summed E-state index contributed by atoms with van der Waals surface area (Å²) in [5.41, 5.74) is 4.71. The van der Waals surface area contributed by atoms with Gasteiger partial charge in [-0.25, -0.2) is 9.59 Å². The minimum absolute atomic E-state index is 0.119. The Labute approximate surface area is 251 Å². The summed E-state index contributed by atoms with van der Waals surface area (Å²) >= 11 is 0. The molecule has 0 aromatic carbocycles. The molecule has 0 fully saturated rings. The SMILES string of the molecule is CC[C@H](C)[C@@H]([C@@H](CC(=O)N[C@@H](CN)C(=O)O)OC)N(C)C(=O)[C@@H](NC(=O)[C@H](C(C)C)N(C)C(=O)OC(C)(C)C)C(C)C. The van der Waals surface area contributed by atoms with E-state index in [4.69, 9.17) is 15.2 Å². The third-order valence-electron chi connectivity index (χ3n) is 7.19. The van der Waals surface area contributed by atoms with Crippen molar-refractivity contribution >= 4 is 29.8 Å². The number of nitrogens with zero attached hydrogens (tertiary/aromatic N) is 2. The lowest BCUT2D eigenvalue weighted by Gasteiger charge is -2.40. The molecule has 0 saturated heterocycles. The Kier molecular flexibility index (Phi) is 16.0. The molecule has 13 heteroatoms. The largest absolute Gasteiger partial charge is 0.480 e. The van der Waals surface area contributed by atoms with Gasteiger partial charge >= 0.3 is 12.1 Å². The van der Waals surface area contributed by atoms with Gasteiger partial charge in [0.2, 0.25) is 17.7 Å². The fourth-order valence-corrected chi connectivity index (χ4v) is 4.73. The van der Waals surface area contributed by atoms with Gasteiger partial charge in [-0.3, -0.25) is 19.3 Å². The van der Waals surface area contributed by atoms with Crippen molar-refractivity contribution in [3.63, 3.8) is 0 Å². The lowest BCUT2D eigenvalue weighted by Crippen LogP contribution is -2.60. The van der Waals surface area contributed by atoms with Crippen LogP contribution in [0.15, 0.2) is 0 Å². The summed E-state index contributed by atoms with van der Waals surface area (Å²) in [5.74, 6) is -3.43. The fraction of sp³-hybridized carbons (Fsp3) is 0.828. The van der Waals surface area contributed by atoms with Gasteiger partial charge in [0.25, 0.3) is 0 Å². The molecule has 0 aliphatic rings. The van der Waals surface area contributed by atoms with Gasteiger partial charge in [0, 0.05) is 27.7 Å². The Bertz CT molecular complexity index is 920. The van der Waals surface area contributed by atoms with Crippen LogP contribution in [-0.4, -0.2) is 108 Å². The molecule has 0 aliphatic heterocycles. The number of carbonyl (C=O) groups is 5. The molecule has 0 aromatic rings. The third kappa shape index (κ3) is 11.7. The molecule has 0 aliphatic carbocycles. The maximum Gasteiger partial charge on any atom is 0.410 e. The van der Waals surface area contributed by atoms with E-state index in [-0.39, 0.29) is 36.6 Å². The number of rotatable bonds is 16. The van der Waals surface area contributed by atoms with E-state index in [1.165, 1.54) is 24.0 Å². The first-order chi connectivity index (χ1) is 19.2. The van der Waals surface area contributed by atoms with Gasteiger partial charge in [-0.15, -0.1) is 0 Å². The average molecular weight is 602 g/mol. The number of amides is 4. The Hall–Kier alpha value is -2.93. The Balaban J connectivity index is 6.12. The van der Waals surface area contributed by atoms with Crippen LogP contribution < -0.4 is 16.4 Å². The van der Waals surface area contributed by atoms with E-state index in [1.807, 2.05) is 13.8 Å². The fourth-order valence-electron chi connectivity index (χ4n) is 4.73. The van der Waals surface area contributed by atoms with Crippen LogP contribution in [0.1, 0.15) is 75.2 Å². The van der Waals surface area contributed by atoms with Crippen LogP contribution in [0.25, 0.3) is 0 Å². The van der Waals surface area contributed by atoms with E-state index >= 15 is 0 Å². The summed E-state index contributed by atoms with van der Waals surface area (Å²) in [5, 5.41) is 14.5. The molecular formula is C29H55N5O8. The third-order valence-corrected chi connectivity index (χ3v) is 7.19. The molecule has 244 valence electrons. The van der Waals surface area contributed by atoms with Gasteiger partial charge in [0.15, 0.2) is 0 Å². The molecule has 0 heterocycles. The Morgan fingerprint density at radius 3 is 1.86 bits per heavy atom. The Morgan fingerprint density at radius 2 is 1.48 bits per heavy atom. The second-order valence-electron chi connectivity index (χ2n) is 12.5. The number of nitrogens with two attached hydrogens (primary N) is 1. The van der Waals surface area contributed by atoms with Gasteiger partial charge in [0.05, 0.1) is 18.6 Å². The van der Waals surface area contributed by atoms with Crippen molar-refractivity contribution < 1.29 is 38.6 Å². The quantitative estimate of drug-likeness (QED) is 0.205. The van der Waals surface area contributed by atoms with Crippen LogP contribution >= 0.6 is 0 Å². The summed E-state index contributed by atoms with van der Waals surface area (Å²) in [6.45, 7) is 16.0. The molecule has 0 radical (unpaired) electrons. The minimum Gasteiger partial charge on any atom is -0.480 e. The van der Waals surface area contributed by atoms with Crippen LogP contribution in [0.4, 0.5) is 4.79 Å². The molecule has 0 rings (SSSR count). The number of methoxy groups -OCH3 is 1. The van der Waals surface area contributed by atoms with Crippen molar-refractivity contribution in [1.82, 2.24) is 20.4 Å². The number of likely N-dealkylation sites (N-methyl/N-ethyl adjacent to an activating group) is 2. The monoisotopic (exact) mass is 601 g/mol. The molecule has 13 nitrogen and oxygen atoms in total. The highest BCUT2D eigenvalue weighted by molar-refractivity contribution is 5.92. The van der Waals surface area contributed by atoms with Crippen molar-refractivity contribution in [2.24, 2.45) is 23.5 Å². The highest BCUT2D eigenvalue weighted by atomic mass is 16.6. The molecule has 4 amide bonds. The van der Waals surface area contributed by atoms with E-state index in [0.717, 1.165) is 0 Å². The average Bonchev–Trinajstić information content (AvgIpc) is 2.87. The molecule has 0 spiro atoms. The van der Waals surface area contributed by atoms with Gasteiger partial charge in [-0.2, -0.15) is 0 Å². The smallest absolute Gasteiger partial charge is 0.410 e. The second-order valence-corrected chi connectivity index (χ2v) is 12.5. The van der Waals surface area contributed by atoms with Crippen molar-refractivity contribution in [3.8, 4) is 0 Å². The lowest BCUT2D eigenvalue weighted by molar-refractivity contribution is -0.145. The molecule has 0 saturated carbocycles. The summed E-state index contributed by atoms with van der Waals surface area (Å²) in [6.07, 6.45) is -0.981. The van der Waals surface area contributed by atoms with E-state index in [0.29, 0.717) is 6.42 Å². The molecule has 6 atom stereocenters. The first-order valence-electron chi connectivity index (χ1n) is 14.5. The first-order valence-corrected chi connectivity index (χ1v) is 14.5. The van der Waals surface area contributed by atoms with Crippen LogP contribution in [-0.2, 0) is 28.7 Å². The van der Waals surface area contributed by atoms with Gasteiger partial charge in [-0.05, 0) is 38.5 Å². The zero-order valence-electron chi connectivity index (χ0n) is 27.5. The van der Waals surface area contributed by atoms with E-state index in [1.54, 1.807) is 55.5 Å². The van der Waals surface area contributed by atoms with E-state index in [9.17, 15) is 29.1 Å². The van der Waals surface area contributed by atoms with E-state index < -0.39 is 59.7 Å². The predicted molar refractivity (Wildman–Crippen MR) is 159 cm³/mol. The highest BCUT2D eigenvalue weighted by Crippen LogP contribution is 2.24. The zero-order chi connectivity index (χ0) is 33.1. The zero-order valence-corrected chi connectivity index (χ0v) is 27.5. The molecule has 42 heavy (non-hydrogen) atoms. The molecule has 0 unspecified atom stereocenters. The number of nitrogens with one attached hydrogen (secondary N) is 2. The molecular weight excluding hydrogens is 546 g/mol. The second kappa shape index (κ2) is 17.3. The number of aliphatic carboxylic acids is 1. The normalized spacial score (nSPS) is 16.1. The van der Waals surface area contributed by atoms with Gasteiger partial charge in [-0.1, -0.05) is 48.0 Å². The van der Waals surface area contributed by atoms with Crippen molar-refractivity contribution in [2.75, 3.05) is 27.7 Å². The summed E-state index contributed by atoms with van der Waals surface area (Å²) in [4.78, 5) is 67.0. The number of hydrogen-bond donors (Lipinski definition) is 4. The molecule has 5 N–H and O–H groups in total. The minimum atomic E-state index is -1.25. The number of carboxylic acids is 1. The van der Waals surface area contributed by atoms with Crippen molar-refractivity contribution in [1.29, 1.82) is 0 Å². The van der Waals surface area contributed by atoms with Crippen molar-refractivity contribution in [3.05, 3.63) is 0 Å². The van der Waals surface area contributed by atoms with Gasteiger partial charge in [0.1, 0.15) is 23.7 Å². The summed E-state index contributed by atoms with van der Waals surface area (Å²) < 4.78 is 11.1.